The molecule has 0 N–H and O–H groups in total. The summed E-state index contributed by atoms with van der Waals surface area (Å²) in [4.78, 5) is 20.2. The van der Waals surface area contributed by atoms with Crippen LogP contribution in [-0.2, 0) is 11.2 Å². The van der Waals surface area contributed by atoms with Gasteiger partial charge in [0.2, 0.25) is 0 Å². The summed E-state index contributed by atoms with van der Waals surface area (Å²) in [7, 11) is 0. The van der Waals surface area contributed by atoms with Crippen LogP contribution in [0.4, 0.5) is 5.69 Å². The number of fused-ring (bicyclic) bond motifs is 1. The number of thioether (sulfide) groups is 1. The molecule has 0 aromatic heterocycles. The van der Waals surface area contributed by atoms with E-state index in [0.29, 0.717) is 4.91 Å². The fourth-order valence-electron chi connectivity index (χ4n) is 3.15. The number of rotatable bonds is 3. The first kappa shape index (κ1) is 17.9. The van der Waals surface area contributed by atoms with Gasteiger partial charge in [0.05, 0.1) is 17.2 Å². The highest BCUT2D eigenvalue weighted by atomic mass is 32.2. The molecule has 4 rings (SSSR count). The second-order valence-corrected chi connectivity index (χ2v) is 8.07. The molecular formula is C22H22N2O2S. The zero-order valence-corrected chi connectivity index (χ0v) is 16.5. The third-order valence-corrected chi connectivity index (χ3v) is 5.46. The van der Waals surface area contributed by atoms with Crippen LogP contribution in [-0.4, -0.2) is 23.7 Å². The van der Waals surface area contributed by atoms with Crippen molar-refractivity contribution in [3.05, 3.63) is 64.1 Å². The van der Waals surface area contributed by atoms with E-state index in [1.807, 2.05) is 63.2 Å². The molecule has 2 aromatic carbocycles. The average molecular weight is 378 g/mol. The largest absolute Gasteiger partial charge is 0.493 e. The fraction of sp³-hybridized carbons (Fsp3) is 0.273. The third kappa shape index (κ3) is 3.65. The van der Waals surface area contributed by atoms with E-state index < -0.39 is 0 Å². The van der Waals surface area contributed by atoms with Gasteiger partial charge in [-0.25, -0.2) is 0 Å². The van der Waals surface area contributed by atoms with E-state index in [4.69, 9.17) is 4.74 Å². The standard InChI is InChI=1S/C22H22N2O2S/c1-14(2)23-22-24(18-7-4-15(3)5-8-18)21(25)20(27-22)13-16-6-9-19-17(12-16)10-11-26-19/h4-9,12-14H,10-11H2,1-3H3/b20-13-,23-22-. The number of aryl methyl sites for hydroxylation is 1. The molecule has 0 bridgehead atoms. The van der Waals surface area contributed by atoms with Crippen LogP contribution in [0.25, 0.3) is 6.08 Å². The quantitative estimate of drug-likeness (QED) is 0.720. The van der Waals surface area contributed by atoms with Gasteiger partial charge in [0, 0.05) is 12.5 Å². The lowest BCUT2D eigenvalue weighted by Crippen LogP contribution is -2.29. The van der Waals surface area contributed by atoms with Crippen LogP contribution in [0.2, 0.25) is 0 Å². The maximum atomic E-state index is 13.2. The predicted molar refractivity (Wildman–Crippen MR) is 112 cm³/mol. The molecule has 4 nitrogen and oxygen atoms in total. The number of nitrogens with zero attached hydrogens (tertiary/aromatic N) is 2. The molecule has 2 heterocycles. The van der Waals surface area contributed by atoms with Crippen LogP contribution in [0.5, 0.6) is 5.75 Å². The third-order valence-electron chi connectivity index (χ3n) is 4.48. The van der Waals surface area contributed by atoms with Gasteiger partial charge in [-0.2, -0.15) is 0 Å². The Kier molecular flexibility index (Phi) is 4.79. The number of carbonyl (C=O) groups is 1. The highest BCUT2D eigenvalue weighted by Crippen LogP contribution is 2.37. The zero-order chi connectivity index (χ0) is 19.0. The molecule has 0 radical (unpaired) electrons. The number of ether oxygens (including phenoxy) is 1. The second kappa shape index (κ2) is 7.24. The lowest BCUT2D eigenvalue weighted by Gasteiger charge is -2.16. The topological polar surface area (TPSA) is 41.9 Å². The molecule has 2 aromatic rings. The highest BCUT2D eigenvalue weighted by Gasteiger charge is 2.34. The Hall–Kier alpha value is -2.53. The Balaban J connectivity index is 1.70. The fourth-order valence-corrected chi connectivity index (χ4v) is 4.26. The average Bonchev–Trinajstić information content (AvgIpc) is 3.20. The SMILES string of the molecule is Cc1ccc(N2C(=O)/C(=C/c3ccc4c(c3)CCO4)S/C2=N\C(C)C)cc1. The van der Waals surface area contributed by atoms with Crippen LogP contribution in [0.15, 0.2) is 52.4 Å². The van der Waals surface area contributed by atoms with Gasteiger partial charge in [0.1, 0.15) is 5.75 Å². The van der Waals surface area contributed by atoms with E-state index in [0.717, 1.165) is 40.8 Å². The minimum absolute atomic E-state index is 0.0278. The molecule has 0 unspecified atom stereocenters. The summed E-state index contributed by atoms with van der Waals surface area (Å²) in [6, 6.07) is 14.2. The molecule has 2 aliphatic heterocycles. The van der Waals surface area contributed by atoms with Crippen molar-refractivity contribution in [2.45, 2.75) is 33.2 Å². The zero-order valence-electron chi connectivity index (χ0n) is 15.7. The molecule has 2 aliphatic rings. The van der Waals surface area contributed by atoms with Gasteiger partial charge >= 0.3 is 0 Å². The van der Waals surface area contributed by atoms with Gasteiger partial charge in [-0.3, -0.25) is 14.7 Å². The van der Waals surface area contributed by atoms with E-state index >= 15 is 0 Å². The molecule has 1 amide bonds. The number of anilines is 1. The second-order valence-electron chi connectivity index (χ2n) is 7.06. The molecule has 0 spiro atoms. The van der Waals surface area contributed by atoms with Crippen LogP contribution in [0.1, 0.15) is 30.5 Å². The molecule has 1 fully saturated rings. The van der Waals surface area contributed by atoms with Crippen molar-refractivity contribution in [3.63, 3.8) is 0 Å². The van der Waals surface area contributed by atoms with Gasteiger partial charge in [-0.15, -0.1) is 0 Å². The summed E-state index contributed by atoms with van der Waals surface area (Å²) in [5.74, 6) is 0.922. The monoisotopic (exact) mass is 378 g/mol. The summed E-state index contributed by atoms with van der Waals surface area (Å²) in [5, 5.41) is 0.731. The molecule has 0 saturated carbocycles. The van der Waals surface area contributed by atoms with Gasteiger partial charge in [-0.1, -0.05) is 23.8 Å². The summed E-state index contributed by atoms with van der Waals surface area (Å²) < 4.78 is 5.57. The van der Waals surface area contributed by atoms with Crippen molar-refractivity contribution in [1.82, 2.24) is 0 Å². The van der Waals surface area contributed by atoms with E-state index in [-0.39, 0.29) is 11.9 Å². The van der Waals surface area contributed by atoms with Crippen LogP contribution >= 0.6 is 11.8 Å². The first-order valence-corrected chi connectivity index (χ1v) is 9.97. The number of amides is 1. The van der Waals surface area contributed by atoms with E-state index in [2.05, 4.69) is 11.1 Å². The van der Waals surface area contributed by atoms with Crippen LogP contribution in [0, 0.1) is 6.92 Å². The van der Waals surface area contributed by atoms with Crippen molar-refractivity contribution in [3.8, 4) is 5.75 Å². The van der Waals surface area contributed by atoms with Gasteiger partial charge < -0.3 is 4.74 Å². The normalized spacial score (nSPS) is 19.3. The van der Waals surface area contributed by atoms with Crippen LogP contribution < -0.4 is 9.64 Å². The lowest BCUT2D eigenvalue weighted by atomic mass is 10.1. The number of aliphatic imine (C=N–C) groups is 1. The molecule has 0 aliphatic carbocycles. The summed E-state index contributed by atoms with van der Waals surface area (Å²) in [5.41, 5.74) is 4.23. The van der Waals surface area contributed by atoms with Crippen molar-refractivity contribution in [2.75, 3.05) is 11.5 Å². The summed E-state index contributed by atoms with van der Waals surface area (Å²) >= 11 is 1.44. The van der Waals surface area contributed by atoms with Gasteiger partial charge in [0.15, 0.2) is 5.17 Å². The Morgan fingerprint density at radius 2 is 1.96 bits per heavy atom. The minimum atomic E-state index is -0.0278. The predicted octanol–water partition coefficient (Wildman–Crippen LogP) is 4.82. The van der Waals surface area contributed by atoms with E-state index in [9.17, 15) is 4.79 Å². The number of hydrogen-bond acceptors (Lipinski definition) is 4. The maximum Gasteiger partial charge on any atom is 0.271 e. The smallest absolute Gasteiger partial charge is 0.271 e. The number of amidine groups is 1. The molecule has 27 heavy (non-hydrogen) atoms. The molecule has 138 valence electrons. The first-order valence-electron chi connectivity index (χ1n) is 9.15. The first-order chi connectivity index (χ1) is 13.0. The van der Waals surface area contributed by atoms with Crippen molar-refractivity contribution >= 4 is 34.6 Å². The Bertz CT molecular complexity index is 945. The van der Waals surface area contributed by atoms with Gasteiger partial charge in [0.25, 0.3) is 5.91 Å². The Morgan fingerprint density at radius 3 is 2.70 bits per heavy atom. The molecule has 5 heteroatoms. The van der Waals surface area contributed by atoms with E-state index in [1.54, 1.807) is 4.90 Å². The summed E-state index contributed by atoms with van der Waals surface area (Å²) in [6.45, 7) is 6.81. The van der Waals surface area contributed by atoms with Gasteiger partial charge in [-0.05, 0) is 74.0 Å². The Labute approximate surface area is 163 Å². The number of carbonyl (C=O) groups excluding carboxylic acids is 1. The van der Waals surface area contributed by atoms with Crippen molar-refractivity contribution in [1.29, 1.82) is 0 Å². The minimum Gasteiger partial charge on any atom is -0.493 e. The Morgan fingerprint density at radius 1 is 1.19 bits per heavy atom. The number of benzene rings is 2. The lowest BCUT2D eigenvalue weighted by molar-refractivity contribution is -0.113. The van der Waals surface area contributed by atoms with Crippen molar-refractivity contribution in [2.24, 2.45) is 4.99 Å². The van der Waals surface area contributed by atoms with Crippen molar-refractivity contribution < 1.29 is 9.53 Å². The van der Waals surface area contributed by atoms with Crippen LogP contribution in [0.3, 0.4) is 0 Å². The molecule has 0 atom stereocenters. The molecular weight excluding hydrogens is 356 g/mol. The number of hydrogen-bond donors (Lipinski definition) is 0. The van der Waals surface area contributed by atoms with E-state index in [1.165, 1.54) is 17.3 Å². The molecule has 1 saturated heterocycles. The maximum absolute atomic E-state index is 13.2. The highest BCUT2D eigenvalue weighted by molar-refractivity contribution is 8.19. The summed E-state index contributed by atoms with van der Waals surface area (Å²) in [6.07, 6.45) is 2.87.